The van der Waals surface area contributed by atoms with Crippen LogP contribution in [0.4, 0.5) is 5.69 Å². The molecule has 1 aromatic carbocycles. The molecule has 3 heteroatoms. The van der Waals surface area contributed by atoms with Gasteiger partial charge in [-0.15, -0.1) is 0 Å². The lowest BCUT2D eigenvalue weighted by atomic mass is 10.1. The van der Waals surface area contributed by atoms with Crippen molar-refractivity contribution in [1.29, 1.82) is 0 Å². The van der Waals surface area contributed by atoms with Crippen LogP contribution >= 0.6 is 0 Å². The van der Waals surface area contributed by atoms with Gasteiger partial charge >= 0.3 is 0 Å². The van der Waals surface area contributed by atoms with Crippen LogP contribution in [0, 0.1) is 0 Å². The summed E-state index contributed by atoms with van der Waals surface area (Å²) in [4.78, 5) is 0. The summed E-state index contributed by atoms with van der Waals surface area (Å²) in [6, 6.07) is 7.73. The van der Waals surface area contributed by atoms with E-state index in [9.17, 15) is 0 Å². The molecule has 0 aromatic heterocycles. The number of nitrogens with two attached hydrogens (primary N) is 1. The molecule has 2 rings (SSSR count). The number of benzene rings is 1. The minimum atomic E-state index is 0.0781. The molecule has 0 bridgehead atoms. The summed E-state index contributed by atoms with van der Waals surface area (Å²) in [5, 5.41) is 0. The molecule has 1 aliphatic heterocycles. The van der Waals surface area contributed by atoms with Crippen LogP contribution in [0.5, 0.6) is 0 Å². The average Bonchev–Trinajstić information content (AvgIpc) is 2.20. The highest BCUT2D eigenvalue weighted by atomic mass is 16.6. The van der Waals surface area contributed by atoms with E-state index in [0.717, 1.165) is 11.3 Å². The van der Waals surface area contributed by atoms with Crippen LogP contribution in [0.3, 0.4) is 0 Å². The molecule has 1 heterocycles. The minimum absolute atomic E-state index is 0.0781. The quantitative estimate of drug-likeness (QED) is 0.662. The second-order valence-electron chi connectivity index (χ2n) is 3.10. The Hall–Kier alpha value is -1.06. The van der Waals surface area contributed by atoms with Crippen LogP contribution in [0.1, 0.15) is 11.7 Å². The summed E-state index contributed by atoms with van der Waals surface area (Å²) < 4.78 is 10.8. The Morgan fingerprint density at radius 2 is 1.92 bits per heavy atom. The van der Waals surface area contributed by atoms with E-state index in [0.29, 0.717) is 19.8 Å². The molecule has 0 unspecified atom stereocenters. The van der Waals surface area contributed by atoms with Gasteiger partial charge in [0, 0.05) is 5.69 Å². The maximum absolute atomic E-state index is 5.58. The molecule has 1 fully saturated rings. The van der Waals surface area contributed by atoms with Crippen LogP contribution in [-0.2, 0) is 9.47 Å². The molecule has 1 saturated heterocycles. The molecule has 1 aliphatic rings. The average molecular weight is 179 g/mol. The van der Waals surface area contributed by atoms with E-state index in [2.05, 4.69) is 0 Å². The highest BCUT2D eigenvalue weighted by Crippen LogP contribution is 2.21. The van der Waals surface area contributed by atoms with Gasteiger partial charge in [-0.1, -0.05) is 12.1 Å². The highest BCUT2D eigenvalue weighted by molar-refractivity contribution is 5.39. The van der Waals surface area contributed by atoms with Crippen LogP contribution in [0.25, 0.3) is 0 Å². The van der Waals surface area contributed by atoms with Gasteiger partial charge in [0.2, 0.25) is 0 Å². The normalized spacial score (nSPS) is 22.9. The van der Waals surface area contributed by atoms with Gasteiger partial charge in [-0.3, -0.25) is 0 Å². The van der Waals surface area contributed by atoms with Crippen LogP contribution in [-0.4, -0.2) is 19.8 Å². The van der Waals surface area contributed by atoms with Crippen molar-refractivity contribution in [3.05, 3.63) is 29.8 Å². The monoisotopic (exact) mass is 179 g/mol. The third kappa shape index (κ3) is 1.99. The van der Waals surface area contributed by atoms with E-state index in [1.165, 1.54) is 0 Å². The SMILES string of the molecule is Nc1ccc([C@@H]2COCCO2)cc1. The fourth-order valence-electron chi connectivity index (χ4n) is 1.39. The van der Waals surface area contributed by atoms with Crippen molar-refractivity contribution in [2.75, 3.05) is 25.6 Å². The Morgan fingerprint density at radius 1 is 1.15 bits per heavy atom. The summed E-state index contributed by atoms with van der Waals surface area (Å²) in [6.45, 7) is 2.02. The summed E-state index contributed by atoms with van der Waals surface area (Å²) in [5.74, 6) is 0. The van der Waals surface area contributed by atoms with Gasteiger partial charge in [0.05, 0.1) is 19.8 Å². The predicted molar refractivity (Wildman–Crippen MR) is 50.4 cm³/mol. The fraction of sp³-hybridized carbons (Fsp3) is 0.400. The first-order valence-electron chi connectivity index (χ1n) is 4.41. The second kappa shape index (κ2) is 3.77. The van der Waals surface area contributed by atoms with Crippen molar-refractivity contribution in [2.24, 2.45) is 0 Å². The first-order chi connectivity index (χ1) is 6.36. The smallest absolute Gasteiger partial charge is 0.106 e. The molecule has 2 N–H and O–H groups in total. The Balaban J connectivity index is 2.10. The molecule has 1 aromatic rings. The van der Waals surface area contributed by atoms with Crippen molar-refractivity contribution in [1.82, 2.24) is 0 Å². The number of hydrogen-bond acceptors (Lipinski definition) is 3. The largest absolute Gasteiger partial charge is 0.399 e. The summed E-state index contributed by atoms with van der Waals surface area (Å²) >= 11 is 0. The van der Waals surface area contributed by atoms with Crippen molar-refractivity contribution >= 4 is 5.69 Å². The van der Waals surface area contributed by atoms with E-state index < -0.39 is 0 Å². The van der Waals surface area contributed by atoms with E-state index in [-0.39, 0.29) is 6.10 Å². The van der Waals surface area contributed by atoms with Crippen molar-refractivity contribution in [3.63, 3.8) is 0 Å². The zero-order valence-corrected chi connectivity index (χ0v) is 7.40. The Kier molecular flexibility index (Phi) is 2.47. The van der Waals surface area contributed by atoms with Gasteiger partial charge in [0.1, 0.15) is 6.10 Å². The van der Waals surface area contributed by atoms with Crippen molar-refractivity contribution in [2.45, 2.75) is 6.10 Å². The zero-order chi connectivity index (χ0) is 9.10. The van der Waals surface area contributed by atoms with E-state index >= 15 is 0 Å². The lowest BCUT2D eigenvalue weighted by molar-refractivity contribution is -0.0901. The third-order valence-electron chi connectivity index (χ3n) is 2.12. The first kappa shape index (κ1) is 8.53. The maximum Gasteiger partial charge on any atom is 0.106 e. The minimum Gasteiger partial charge on any atom is -0.399 e. The number of anilines is 1. The van der Waals surface area contributed by atoms with E-state index in [1.807, 2.05) is 24.3 Å². The summed E-state index contributed by atoms with van der Waals surface area (Å²) in [7, 11) is 0. The summed E-state index contributed by atoms with van der Waals surface area (Å²) in [5.41, 5.74) is 7.50. The van der Waals surface area contributed by atoms with Gasteiger partial charge in [0.15, 0.2) is 0 Å². The number of ether oxygens (including phenoxy) is 2. The van der Waals surface area contributed by atoms with Crippen molar-refractivity contribution in [3.8, 4) is 0 Å². The van der Waals surface area contributed by atoms with Gasteiger partial charge in [0.25, 0.3) is 0 Å². The van der Waals surface area contributed by atoms with Crippen molar-refractivity contribution < 1.29 is 9.47 Å². The fourth-order valence-corrected chi connectivity index (χ4v) is 1.39. The van der Waals surface area contributed by atoms with E-state index in [4.69, 9.17) is 15.2 Å². The van der Waals surface area contributed by atoms with E-state index in [1.54, 1.807) is 0 Å². The molecule has 0 amide bonds. The summed E-state index contributed by atoms with van der Waals surface area (Å²) in [6.07, 6.45) is 0.0781. The zero-order valence-electron chi connectivity index (χ0n) is 7.40. The topological polar surface area (TPSA) is 44.5 Å². The number of nitrogen functional groups attached to an aromatic ring is 1. The Bertz CT molecular complexity index is 265. The number of hydrogen-bond donors (Lipinski definition) is 1. The lowest BCUT2D eigenvalue weighted by Gasteiger charge is -2.23. The standard InChI is InChI=1S/C10H13NO2/c11-9-3-1-8(2-4-9)10-7-12-5-6-13-10/h1-4,10H,5-7,11H2/t10-/m0/s1. The molecule has 1 atom stereocenters. The lowest BCUT2D eigenvalue weighted by Crippen LogP contribution is -2.21. The van der Waals surface area contributed by atoms with Crippen LogP contribution in [0.15, 0.2) is 24.3 Å². The second-order valence-corrected chi connectivity index (χ2v) is 3.10. The van der Waals surface area contributed by atoms with Gasteiger partial charge in [-0.25, -0.2) is 0 Å². The molecule has 70 valence electrons. The molecule has 0 spiro atoms. The van der Waals surface area contributed by atoms with Gasteiger partial charge < -0.3 is 15.2 Å². The number of rotatable bonds is 1. The van der Waals surface area contributed by atoms with Gasteiger partial charge in [-0.2, -0.15) is 0 Å². The first-order valence-corrected chi connectivity index (χ1v) is 4.41. The van der Waals surface area contributed by atoms with Gasteiger partial charge in [-0.05, 0) is 17.7 Å². The molecule has 13 heavy (non-hydrogen) atoms. The molecule has 3 nitrogen and oxygen atoms in total. The molecule has 0 saturated carbocycles. The Morgan fingerprint density at radius 3 is 2.54 bits per heavy atom. The highest BCUT2D eigenvalue weighted by Gasteiger charge is 2.15. The third-order valence-corrected chi connectivity index (χ3v) is 2.12. The predicted octanol–water partition coefficient (Wildman–Crippen LogP) is 1.36. The maximum atomic E-state index is 5.58. The van der Waals surface area contributed by atoms with Crippen LogP contribution < -0.4 is 5.73 Å². The van der Waals surface area contributed by atoms with Crippen LogP contribution in [0.2, 0.25) is 0 Å². The molecule has 0 radical (unpaired) electrons. The molecule has 0 aliphatic carbocycles. The Labute approximate surface area is 77.5 Å². The molecular formula is C10H13NO2. The molecular weight excluding hydrogens is 166 g/mol.